The van der Waals surface area contributed by atoms with Crippen molar-refractivity contribution in [2.75, 3.05) is 32.1 Å². The molecule has 33 heavy (non-hydrogen) atoms. The molecule has 0 aliphatic carbocycles. The van der Waals surface area contributed by atoms with E-state index in [1.165, 1.54) is 5.01 Å². The van der Waals surface area contributed by atoms with E-state index >= 15 is 0 Å². The van der Waals surface area contributed by atoms with Crippen LogP contribution in [0.1, 0.15) is 30.0 Å². The van der Waals surface area contributed by atoms with Crippen molar-refractivity contribution in [1.82, 2.24) is 9.91 Å². The van der Waals surface area contributed by atoms with Crippen LogP contribution in [0.2, 0.25) is 0 Å². The highest BCUT2D eigenvalue weighted by Crippen LogP contribution is 2.34. The second kappa shape index (κ2) is 10.5. The first-order chi connectivity index (χ1) is 16.1. The fourth-order valence-corrected chi connectivity index (χ4v) is 4.44. The molecule has 1 unspecified atom stereocenters. The van der Waals surface area contributed by atoms with E-state index in [9.17, 15) is 9.59 Å². The maximum absolute atomic E-state index is 13.3. The highest BCUT2D eigenvalue weighted by Gasteiger charge is 2.35. The van der Waals surface area contributed by atoms with Gasteiger partial charge in [-0.1, -0.05) is 25.1 Å². The first-order valence-corrected chi connectivity index (χ1v) is 11.6. The Morgan fingerprint density at radius 1 is 1.21 bits per heavy atom. The van der Waals surface area contributed by atoms with Crippen LogP contribution in [-0.2, 0) is 9.59 Å². The van der Waals surface area contributed by atoms with E-state index in [0.717, 1.165) is 10.6 Å². The van der Waals surface area contributed by atoms with Gasteiger partial charge in [0.25, 0.3) is 5.91 Å². The molecule has 0 bridgehead atoms. The number of nitrogens with zero attached hydrogens (tertiary/aromatic N) is 3. The number of likely N-dealkylation sites (N-methyl/N-ethyl adjacent to an activating group) is 1. The summed E-state index contributed by atoms with van der Waals surface area (Å²) in [5.74, 6) is 0.866. The molecule has 3 aromatic rings. The van der Waals surface area contributed by atoms with E-state index in [0.29, 0.717) is 30.2 Å². The molecule has 0 saturated heterocycles. The number of thiophene rings is 1. The van der Waals surface area contributed by atoms with E-state index in [1.807, 2.05) is 48.7 Å². The van der Waals surface area contributed by atoms with Gasteiger partial charge in [-0.15, -0.1) is 11.3 Å². The van der Waals surface area contributed by atoms with E-state index in [2.05, 4.69) is 10.4 Å². The highest BCUT2D eigenvalue weighted by atomic mass is 32.1. The molecule has 1 atom stereocenters. The monoisotopic (exact) mass is 466 g/mol. The van der Waals surface area contributed by atoms with Gasteiger partial charge in [0.05, 0.1) is 42.7 Å². The van der Waals surface area contributed by atoms with E-state index in [4.69, 9.17) is 9.15 Å². The van der Waals surface area contributed by atoms with Crippen LogP contribution in [0.15, 0.2) is 69.7 Å². The Balaban J connectivity index is 1.44. The number of carbonyl (C=O) groups is 2. The molecule has 8 nitrogen and oxygen atoms in total. The van der Waals surface area contributed by atoms with Crippen LogP contribution >= 0.6 is 11.3 Å². The van der Waals surface area contributed by atoms with Crippen LogP contribution in [0.5, 0.6) is 5.75 Å². The summed E-state index contributed by atoms with van der Waals surface area (Å²) < 4.78 is 10.9. The number of hydrogen-bond donors (Lipinski definition) is 1. The van der Waals surface area contributed by atoms with E-state index < -0.39 is 0 Å². The first-order valence-electron chi connectivity index (χ1n) is 10.7. The lowest BCUT2D eigenvalue weighted by atomic mass is 10.1. The number of benzene rings is 1. The Morgan fingerprint density at radius 2 is 2.06 bits per heavy atom. The molecular formula is C24H26N4O4S. The van der Waals surface area contributed by atoms with Gasteiger partial charge in [-0.25, -0.2) is 5.01 Å². The second-order valence-electron chi connectivity index (χ2n) is 7.55. The molecule has 3 heterocycles. The summed E-state index contributed by atoms with van der Waals surface area (Å²) in [6.07, 6.45) is 2.18. The van der Waals surface area contributed by atoms with Crippen LogP contribution in [0.25, 0.3) is 0 Å². The molecule has 9 heteroatoms. The van der Waals surface area contributed by atoms with Crippen molar-refractivity contribution in [3.05, 3.63) is 70.8 Å². The van der Waals surface area contributed by atoms with Gasteiger partial charge in [0.1, 0.15) is 17.6 Å². The third-order valence-corrected chi connectivity index (χ3v) is 6.32. The van der Waals surface area contributed by atoms with Crippen LogP contribution in [0.4, 0.5) is 5.69 Å². The Hall–Kier alpha value is -3.43. The van der Waals surface area contributed by atoms with Gasteiger partial charge in [0.15, 0.2) is 0 Å². The number of para-hydroxylation sites is 2. The Labute approximate surface area is 196 Å². The number of amides is 2. The molecule has 1 aliphatic heterocycles. The number of nitrogens with one attached hydrogen (secondary N) is 1. The lowest BCUT2D eigenvalue weighted by Gasteiger charge is -2.24. The Kier molecular flexibility index (Phi) is 7.21. The average Bonchev–Trinajstić information content (AvgIpc) is 3.59. The largest absolute Gasteiger partial charge is 0.495 e. The molecule has 0 fully saturated rings. The average molecular weight is 467 g/mol. The van der Waals surface area contributed by atoms with Gasteiger partial charge in [0.2, 0.25) is 5.91 Å². The second-order valence-corrected chi connectivity index (χ2v) is 8.50. The normalized spacial score (nSPS) is 15.5. The molecule has 1 aliphatic rings. The highest BCUT2D eigenvalue weighted by molar-refractivity contribution is 7.12. The summed E-state index contributed by atoms with van der Waals surface area (Å²) in [4.78, 5) is 28.7. The molecule has 1 N–H and O–H groups in total. The summed E-state index contributed by atoms with van der Waals surface area (Å²) in [6, 6.07) is 14.5. The van der Waals surface area contributed by atoms with E-state index in [1.54, 1.807) is 41.7 Å². The van der Waals surface area contributed by atoms with Crippen molar-refractivity contribution in [1.29, 1.82) is 0 Å². The van der Waals surface area contributed by atoms with Gasteiger partial charge in [-0.3, -0.25) is 14.5 Å². The SMILES string of the molecule is CCN(CC(=O)Nc1ccccc1OC)CC(=O)N1N=C(c2cccs2)CC1c1ccco1. The van der Waals surface area contributed by atoms with Crippen LogP contribution in [-0.4, -0.2) is 54.2 Å². The number of hydrogen-bond acceptors (Lipinski definition) is 7. The molecule has 172 valence electrons. The first kappa shape index (κ1) is 22.8. The molecule has 0 radical (unpaired) electrons. The topological polar surface area (TPSA) is 87.4 Å². The summed E-state index contributed by atoms with van der Waals surface area (Å²) in [5.41, 5.74) is 1.45. The van der Waals surface area contributed by atoms with Gasteiger partial charge in [-0.2, -0.15) is 5.10 Å². The lowest BCUT2D eigenvalue weighted by Crippen LogP contribution is -2.41. The molecular weight excluding hydrogens is 440 g/mol. The number of rotatable bonds is 9. The number of methoxy groups -OCH3 is 1. The number of hydrazone groups is 1. The molecule has 2 amide bonds. The summed E-state index contributed by atoms with van der Waals surface area (Å²) >= 11 is 1.59. The maximum atomic E-state index is 13.3. The fraction of sp³-hybridized carbons (Fsp3) is 0.292. The minimum Gasteiger partial charge on any atom is -0.495 e. The zero-order valence-electron chi connectivity index (χ0n) is 18.6. The summed E-state index contributed by atoms with van der Waals surface area (Å²) in [6.45, 7) is 2.58. The van der Waals surface area contributed by atoms with Crippen molar-refractivity contribution in [2.45, 2.75) is 19.4 Å². The van der Waals surface area contributed by atoms with Crippen LogP contribution in [0.3, 0.4) is 0 Å². The fourth-order valence-electron chi connectivity index (χ4n) is 3.72. The van der Waals surface area contributed by atoms with Crippen molar-refractivity contribution in [3.63, 3.8) is 0 Å². The zero-order chi connectivity index (χ0) is 23.2. The molecule has 2 aromatic heterocycles. The number of anilines is 1. The zero-order valence-corrected chi connectivity index (χ0v) is 19.4. The number of furan rings is 1. The minimum absolute atomic E-state index is 0.0638. The van der Waals surface area contributed by atoms with Gasteiger partial charge < -0.3 is 14.5 Å². The van der Waals surface area contributed by atoms with Crippen LogP contribution in [0, 0.1) is 0 Å². The molecule has 0 spiro atoms. The van der Waals surface area contributed by atoms with E-state index in [-0.39, 0.29) is 30.9 Å². The minimum atomic E-state index is -0.300. The molecule has 1 aromatic carbocycles. The summed E-state index contributed by atoms with van der Waals surface area (Å²) in [5, 5.41) is 11.0. The van der Waals surface area contributed by atoms with Gasteiger partial charge in [0, 0.05) is 6.42 Å². The van der Waals surface area contributed by atoms with Crippen molar-refractivity contribution < 1.29 is 18.7 Å². The maximum Gasteiger partial charge on any atom is 0.257 e. The van der Waals surface area contributed by atoms with Crippen molar-refractivity contribution in [3.8, 4) is 5.75 Å². The number of ether oxygens (including phenoxy) is 1. The third-order valence-electron chi connectivity index (χ3n) is 5.40. The van der Waals surface area contributed by atoms with Gasteiger partial charge in [-0.05, 0) is 42.3 Å². The third kappa shape index (κ3) is 5.32. The van der Waals surface area contributed by atoms with Gasteiger partial charge >= 0.3 is 0 Å². The lowest BCUT2D eigenvalue weighted by molar-refractivity contribution is -0.134. The predicted molar refractivity (Wildman–Crippen MR) is 128 cm³/mol. The molecule has 0 saturated carbocycles. The molecule has 4 rings (SSSR count). The Bertz CT molecular complexity index is 1110. The smallest absolute Gasteiger partial charge is 0.257 e. The standard InChI is InChI=1S/C24H26N4O4S/c1-3-27(15-23(29)25-17-8-4-5-9-20(17)31-2)16-24(30)28-19(21-10-6-12-32-21)14-18(26-28)22-11-7-13-33-22/h4-13,19H,3,14-16H2,1-2H3,(H,25,29). The van der Waals surface area contributed by atoms with Crippen LogP contribution < -0.4 is 10.1 Å². The van der Waals surface area contributed by atoms with Crippen molar-refractivity contribution in [2.24, 2.45) is 5.10 Å². The predicted octanol–water partition coefficient (Wildman–Crippen LogP) is 3.99. The quantitative estimate of drug-likeness (QED) is 0.515. The number of carbonyl (C=O) groups excluding carboxylic acids is 2. The summed E-state index contributed by atoms with van der Waals surface area (Å²) in [7, 11) is 1.55. The Morgan fingerprint density at radius 3 is 2.76 bits per heavy atom. The van der Waals surface area contributed by atoms with Crippen molar-refractivity contribution >= 4 is 34.6 Å².